The molecule has 0 atom stereocenters. The quantitative estimate of drug-likeness (QED) is 0.871. The van der Waals surface area contributed by atoms with Crippen LogP contribution in [0.2, 0.25) is 0 Å². The van der Waals surface area contributed by atoms with E-state index in [0.29, 0.717) is 17.2 Å². The average molecular weight is 276 g/mol. The van der Waals surface area contributed by atoms with E-state index in [-0.39, 0.29) is 5.56 Å². The van der Waals surface area contributed by atoms with Crippen LogP contribution in [-0.4, -0.2) is 25.1 Å². The van der Waals surface area contributed by atoms with Crippen LogP contribution in [0.25, 0.3) is 0 Å². The number of amides is 1. The normalized spacial score (nSPS) is 9.95. The molecule has 1 amide bonds. The molecule has 1 aromatic heterocycles. The van der Waals surface area contributed by atoms with E-state index in [2.05, 4.69) is 10.3 Å². The first-order valence-electron chi connectivity index (χ1n) is 5.78. The molecule has 0 saturated carbocycles. The zero-order chi connectivity index (χ0) is 14.5. The molecule has 0 bridgehead atoms. The molecule has 0 aliphatic rings. The van der Waals surface area contributed by atoms with Gasteiger partial charge in [0.1, 0.15) is 11.5 Å². The fourth-order valence-electron chi connectivity index (χ4n) is 1.59. The van der Waals surface area contributed by atoms with Crippen LogP contribution in [0.3, 0.4) is 0 Å². The first-order valence-corrected chi connectivity index (χ1v) is 5.78. The van der Waals surface area contributed by atoms with Crippen LogP contribution >= 0.6 is 0 Å². The summed E-state index contributed by atoms with van der Waals surface area (Å²) in [5, 5.41) is 2.67. The molecule has 0 fully saturated rings. The second kappa shape index (κ2) is 6.01. The summed E-state index contributed by atoms with van der Waals surface area (Å²) in [4.78, 5) is 15.4. The van der Waals surface area contributed by atoms with Crippen molar-refractivity contribution >= 4 is 11.6 Å². The SMILES string of the molecule is COc1cc(NC(=O)c2ccc(F)nc2)cc(OC)c1. The zero-order valence-corrected chi connectivity index (χ0v) is 11.0. The van der Waals surface area contributed by atoms with Crippen molar-refractivity contribution in [1.82, 2.24) is 4.98 Å². The van der Waals surface area contributed by atoms with Crippen molar-refractivity contribution in [3.05, 3.63) is 48.0 Å². The molecule has 6 heteroatoms. The van der Waals surface area contributed by atoms with Gasteiger partial charge in [-0.3, -0.25) is 4.79 Å². The Bertz CT molecular complexity index is 592. The van der Waals surface area contributed by atoms with E-state index in [1.807, 2.05) is 0 Å². The van der Waals surface area contributed by atoms with Gasteiger partial charge in [0.2, 0.25) is 5.95 Å². The highest BCUT2D eigenvalue weighted by atomic mass is 19.1. The summed E-state index contributed by atoms with van der Waals surface area (Å²) in [6.45, 7) is 0. The van der Waals surface area contributed by atoms with Gasteiger partial charge in [-0.25, -0.2) is 4.98 Å². The van der Waals surface area contributed by atoms with E-state index in [0.717, 1.165) is 6.07 Å². The van der Waals surface area contributed by atoms with Gasteiger partial charge in [0.05, 0.1) is 19.8 Å². The van der Waals surface area contributed by atoms with Gasteiger partial charge in [-0.15, -0.1) is 0 Å². The zero-order valence-electron chi connectivity index (χ0n) is 11.0. The molecule has 20 heavy (non-hydrogen) atoms. The summed E-state index contributed by atoms with van der Waals surface area (Å²) in [5.41, 5.74) is 0.767. The summed E-state index contributed by atoms with van der Waals surface area (Å²) in [5.74, 6) is 0.0752. The first kappa shape index (κ1) is 13.8. The van der Waals surface area contributed by atoms with Crippen molar-refractivity contribution in [3.8, 4) is 11.5 Å². The maximum Gasteiger partial charge on any atom is 0.257 e. The van der Waals surface area contributed by atoms with E-state index in [1.54, 1.807) is 18.2 Å². The molecule has 0 spiro atoms. The Kier molecular flexibility index (Phi) is 4.14. The minimum absolute atomic E-state index is 0.258. The molecule has 0 radical (unpaired) electrons. The summed E-state index contributed by atoms with van der Waals surface area (Å²) in [6, 6.07) is 7.47. The molecule has 5 nitrogen and oxygen atoms in total. The Morgan fingerprint density at radius 3 is 2.30 bits per heavy atom. The van der Waals surface area contributed by atoms with E-state index < -0.39 is 11.9 Å². The van der Waals surface area contributed by atoms with E-state index in [4.69, 9.17) is 9.47 Å². The van der Waals surface area contributed by atoms with Crippen LogP contribution in [0.15, 0.2) is 36.5 Å². The second-order valence-corrected chi connectivity index (χ2v) is 3.93. The van der Waals surface area contributed by atoms with Crippen molar-refractivity contribution in [2.45, 2.75) is 0 Å². The summed E-state index contributed by atoms with van der Waals surface area (Å²) in [7, 11) is 3.04. The molecule has 0 aliphatic heterocycles. The number of aromatic nitrogens is 1. The fraction of sp³-hybridized carbons (Fsp3) is 0.143. The lowest BCUT2D eigenvalue weighted by Gasteiger charge is -2.09. The fourth-order valence-corrected chi connectivity index (χ4v) is 1.59. The molecular weight excluding hydrogens is 263 g/mol. The maximum atomic E-state index is 12.7. The van der Waals surface area contributed by atoms with E-state index in [9.17, 15) is 9.18 Å². The smallest absolute Gasteiger partial charge is 0.257 e. The van der Waals surface area contributed by atoms with Gasteiger partial charge >= 0.3 is 0 Å². The van der Waals surface area contributed by atoms with Gasteiger partial charge in [-0.05, 0) is 12.1 Å². The number of pyridine rings is 1. The standard InChI is InChI=1S/C14H13FN2O3/c1-19-11-5-10(6-12(7-11)20-2)17-14(18)9-3-4-13(15)16-8-9/h3-8H,1-2H3,(H,17,18). The van der Waals surface area contributed by atoms with Crippen molar-refractivity contribution in [1.29, 1.82) is 0 Å². The van der Waals surface area contributed by atoms with Gasteiger partial charge in [0.15, 0.2) is 0 Å². The Hall–Kier alpha value is -2.63. The Balaban J connectivity index is 2.20. The molecule has 104 valence electrons. The van der Waals surface area contributed by atoms with Gasteiger partial charge in [0, 0.05) is 30.1 Å². The van der Waals surface area contributed by atoms with Crippen LogP contribution in [0.4, 0.5) is 10.1 Å². The molecule has 1 N–H and O–H groups in total. The monoisotopic (exact) mass is 276 g/mol. The van der Waals surface area contributed by atoms with Crippen molar-refractivity contribution in [3.63, 3.8) is 0 Å². The molecule has 0 saturated heterocycles. The van der Waals surface area contributed by atoms with Gasteiger partial charge < -0.3 is 14.8 Å². The van der Waals surface area contributed by atoms with E-state index in [1.165, 1.54) is 26.5 Å². The van der Waals surface area contributed by atoms with Crippen LogP contribution in [0, 0.1) is 5.95 Å². The minimum Gasteiger partial charge on any atom is -0.497 e. The number of rotatable bonds is 4. The molecule has 2 rings (SSSR count). The predicted molar refractivity (Wildman–Crippen MR) is 71.7 cm³/mol. The Labute approximate surface area is 115 Å². The molecule has 2 aromatic rings. The number of benzene rings is 1. The van der Waals surface area contributed by atoms with Crippen molar-refractivity contribution in [2.75, 3.05) is 19.5 Å². The summed E-state index contributed by atoms with van der Waals surface area (Å²) < 4.78 is 22.9. The number of ether oxygens (including phenoxy) is 2. The number of nitrogens with zero attached hydrogens (tertiary/aromatic N) is 1. The van der Waals surface area contributed by atoms with Gasteiger partial charge in [0.25, 0.3) is 5.91 Å². The Morgan fingerprint density at radius 1 is 1.15 bits per heavy atom. The minimum atomic E-state index is -0.635. The number of nitrogens with one attached hydrogen (secondary N) is 1. The van der Waals surface area contributed by atoms with Gasteiger partial charge in [-0.2, -0.15) is 4.39 Å². The lowest BCUT2D eigenvalue weighted by Crippen LogP contribution is -2.12. The number of methoxy groups -OCH3 is 2. The highest BCUT2D eigenvalue weighted by Gasteiger charge is 2.09. The third kappa shape index (κ3) is 3.23. The third-order valence-corrected chi connectivity index (χ3v) is 2.60. The number of anilines is 1. The highest BCUT2D eigenvalue weighted by Crippen LogP contribution is 2.26. The lowest BCUT2D eigenvalue weighted by molar-refractivity contribution is 0.102. The predicted octanol–water partition coefficient (Wildman–Crippen LogP) is 2.49. The average Bonchev–Trinajstić information content (AvgIpc) is 2.47. The summed E-state index contributed by atoms with van der Waals surface area (Å²) >= 11 is 0. The van der Waals surface area contributed by atoms with Crippen LogP contribution in [-0.2, 0) is 0 Å². The first-order chi connectivity index (χ1) is 9.62. The molecular formula is C14H13FN2O3. The van der Waals surface area contributed by atoms with Gasteiger partial charge in [-0.1, -0.05) is 0 Å². The molecule has 0 aliphatic carbocycles. The lowest BCUT2D eigenvalue weighted by atomic mass is 10.2. The molecule has 0 unspecified atom stereocenters. The topological polar surface area (TPSA) is 60.5 Å². The Morgan fingerprint density at radius 2 is 1.80 bits per heavy atom. The number of hydrogen-bond donors (Lipinski definition) is 1. The number of halogens is 1. The van der Waals surface area contributed by atoms with Crippen LogP contribution < -0.4 is 14.8 Å². The number of carbonyl (C=O) groups is 1. The maximum absolute atomic E-state index is 12.7. The van der Waals surface area contributed by atoms with E-state index >= 15 is 0 Å². The number of hydrogen-bond acceptors (Lipinski definition) is 4. The van der Waals surface area contributed by atoms with Crippen LogP contribution in [0.1, 0.15) is 10.4 Å². The highest BCUT2D eigenvalue weighted by molar-refractivity contribution is 6.04. The largest absolute Gasteiger partial charge is 0.497 e. The molecule has 1 heterocycles. The van der Waals surface area contributed by atoms with Crippen molar-refractivity contribution < 1.29 is 18.7 Å². The third-order valence-electron chi connectivity index (χ3n) is 2.60. The summed E-state index contributed by atoms with van der Waals surface area (Å²) in [6.07, 6.45) is 1.17. The van der Waals surface area contributed by atoms with Crippen LogP contribution in [0.5, 0.6) is 11.5 Å². The number of carbonyl (C=O) groups excluding carboxylic acids is 1. The second-order valence-electron chi connectivity index (χ2n) is 3.93. The molecule has 1 aromatic carbocycles. The van der Waals surface area contributed by atoms with Crippen molar-refractivity contribution in [2.24, 2.45) is 0 Å².